The van der Waals surface area contributed by atoms with Crippen LogP contribution in [0.2, 0.25) is 0 Å². The summed E-state index contributed by atoms with van der Waals surface area (Å²) >= 11 is 0. The van der Waals surface area contributed by atoms with E-state index in [1.807, 2.05) is 19.0 Å². The molecule has 6 amide bonds. The largest absolute Gasteiger partial charge is 0.480 e. The van der Waals surface area contributed by atoms with E-state index < -0.39 is 47.1 Å². The predicted octanol–water partition coefficient (Wildman–Crippen LogP) is 0.858. The Bertz CT molecular complexity index is 2970. The summed E-state index contributed by atoms with van der Waals surface area (Å²) in [5, 5.41) is 29.1. The highest BCUT2D eigenvalue weighted by Gasteiger charge is 2.23. The maximum absolute atomic E-state index is 13.8. The van der Waals surface area contributed by atoms with E-state index in [4.69, 9.17) is 5.73 Å². The average Bonchev–Trinajstić information content (AvgIpc) is 4.06. The molecule has 0 saturated heterocycles. The van der Waals surface area contributed by atoms with Gasteiger partial charge in [-0.05, 0) is 88.4 Å². The predicted molar refractivity (Wildman–Crippen MR) is 262 cm³/mol. The summed E-state index contributed by atoms with van der Waals surface area (Å²) in [5.41, 5.74) is 7.84. The Balaban J connectivity index is 0.989. The molecule has 0 aliphatic heterocycles. The standard InChI is InChI=1S/C46H56N16O9/c1-59(2)17-6-15-49-37(64)24-52-41(66)34-20-29(25-61(34)4)54-43(68)35-21-30(55-42(67)33-8-5-18-60(33)3)26-62(35)19-7-16-48-36(63)14-13-32(45(70)71)56-40(65)27-9-11-28(12-10-27)50-22-31-23-51-38-39(53-31)57-46(47)58-44(38)69/h5,8-12,18,20-21,23,25-26,32,50H,6-7,13-17,19,22,24H2,1-4H3,(H,48,63)(H,49,64)(H,52,66)(H,54,68)(H,55,67)(H,56,65)(H,70,71)(H3,47,53,57,58,69). The number of nitrogens with two attached hydrogens (primary N) is 1. The number of aromatic amines is 1. The minimum atomic E-state index is -1.37. The number of nitrogen functional groups attached to an aromatic ring is 1. The molecule has 1 aromatic carbocycles. The van der Waals surface area contributed by atoms with Gasteiger partial charge >= 0.3 is 5.97 Å². The van der Waals surface area contributed by atoms with Crippen LogP contribution in [0, 0.1) is 0 Å². The number of hydrogen-bond donors (Lipinski definition) is 10. The van der Waals surface area contributed by atoms with Crippen LogP contribution in [0.3, 0.4) is 0 Å². The van der Waals surface area contributed by atoms with Crippen LogP contribution in [0.15, 0.2) is 78.1 Å². The van der Waals surface area contributed by atoms with Crippen molar-refractivity contribution in [3.05, 3.63) is 112 Å². The van der Waals surface area contributed by atoms with Crippen molar-refractivity contribution in [2.45, 2.75) is 44.8 Å². The molecule has 0 aliphatic carbocycles. The zero-order chi connectivity index (χ0) is 51.2. The third-order valence-electron chi connectivity index (χ3n) is 10.8. The van der Waals surface area contributed by atoms with Gasteiger partial charge in [-0.3, -0.25) is 38.5 Å². The number of fused-ring (bicyclic) bond motifs is 1. The van der Waals surface area contributed by atoms with E-state index in [9.17, 15) is 43.5 Å². The van der Waals surface area contributed by atoms with Crippen molar-refractivity contribution >= 4 is 75.6 Å². The number of carboxylic acid groups (broad SMARTS) is 1. The number of aryl methyl sites for hydroxylation is 3. The highest BCUT2D eigenvalue weighted by atomic mass is 16.4. The summed E-state index contributed by atoms with van der Waals surface area (Å²) in [4.78, 5) is 119. The van der Waals surface area contributed by atoms with E-state index in [-0.39, 0.29) is 79.0 Å². The van der Waals surface area contributed by atoms with E-state index >= 15 is 0 Å². The molecule has 71 heavy (non-hydrogen) atoms. The number of hydrogen-bond acceptors (Lipinski definition) is 14. The van der Waals surface area contributed by atoms with Crippen LogP contribution >= 0.6 is 0 Å². The number of benzene rings is 1. The number of carbonyl (C=O) groups excluding carboxylic acids is 6. The molecule has 0 saturated carbocycles. The Morgan fingerprint density at radius 3 is 2.18 bits per heavy atom. The molecule has 6 aromatic rings. The van der Waals surface area contributed by atoms with Crippen LogP contribution in [0.4, 0.5) is 23.0 Å². The second-order valence-electron chi connectivity index (χ2n) is 16.7. The van der Waals surface area contributed by atoms with Crippen molar-refractivity contribution in [3.8, 4) is 0 Å². The van der Waals surface area contributed by atoms with E-state index in [2.05, 4.69) is 57.2 Å². The Morgan fingerprint density at radius 2 is 1.48 bits per heavy atom. The molecule has 0 spiro atoms. The average molecular weight is 977 g/mol. The highest BCUT2D eigenvalue weighted by Crippen LogP contribution is 2.20. The SMILES string of the molecule is CN(C)CCCNC(=O)CNC(=O)c1cc(NC(=O)c2cc(NC(=O)c3cccn3C)cn2CCCNC(=O)CCC(NC(=O)c2ccc(NCc3cnc4c(=O)[nH]c(N)nc4n3)cc2)C(=O)O)cn1C. The lowest BCUT2D eigenvalue weighted by Crippen LogP contribution is -2.41. The lowest BCUT2D eigenvalue weighted by Gasteiger charge is -2.15. The monoisotopic (exact) mass is 976 g/mol. The molecule has 0 aliphatic rings. The number of rotatable bonds is 24. The van der Waals surface area contributed by atoms with Crippen molar-refractivity contribution < 1.29 is 38.7 Å². The van der Waals surface area contributed by atoms with Gasteiger partial charge in [0.05, 0.1) is 36.4 Å². The van der Waals surface area contributed by atoms with Crippen molar-refractivity contribution in [1.82, 2.24) is 59.8 Å². The van der Waals surface area contributed by atoms with Gasteiger partial charge in [-0.1, -0.05) is 0 Å². The molecule has 25 heteroatoms. The first kappa shape index (κ1) is 51.5. The van der Waals surface area contributed by atoms with Crippen LogP contribution in [0.25, 0.3) is 11.2 Å². The number of nitrogens with one attached hydrogen (secondary N) is 8. The van der Waals surface area contributed by atoms with Crippen molar-refractivity contribution in [2.24, 2.45) is 14.1 Å². The fourth-order valence-electron chi connectivity index (χ4n) is 7.16. The minimum absolute atomic E-state index is 0.0445. The second kappa shape index (κ2) is 23.9. The number of amides is 6. The zero-order valence-corrected chi connectivity index (χ0v) is 39.5. The fourth-order valence-corrected chi connectivity index (χ4v) is 7.16. The first-order valence-corrected chi connectivity index (χ1v) is 22.4. The summed E-state index contributed by atoms with van der Waals surface area (Å²) in [5.74, 6) is -4.37. The van der Waals surface area contributed by atoms with Crippen molar-refractivity contribution in [2.75, 3.05) is 62.0 Å². The third kappa shape index (κ3) is 14.6. The Labute approximate surface area is 406 Å². The molecule has 374 valence electrons. The molecular weight excluding hydrogens is 921 g/mol. The fraction of sp³-hybridized carbons (Fsp3) is 0.326. The van der Waals surface area contributed by atoms with Crippen LogP contribution in [-0.4, -0.2) is 131 Å². The number of aromatic nitrogens is 7. The van der Waals surface area contributed by atoms with Crippen LogP contribution in [-0.2, 0) is 41.6 Å². The normalized spacial score (nSPS) is 11.5. The number of carbonyl (C=O) groups is 7. The van der Waals surface area contributed by atoms with Crippen LogP contribution < -0.4 is 48.5 Å². The van der Waals surface area contributed by atoms with Gasteiger partial charge in [-0.15, -0.1) is 0 Å². The van der Waals surface area contributed by atoms with E-state index in [0.29, 0.717) is 41.4 Å². The summed E-state index contributed by atoms with van der Waals surface area (Å²) in [6.45, 7) is 1.58. The topological polar surface area (TPSA) is 340 Å². The molecule has 5 aromatic heterocycles. The second-order valence-corrected chi connectivity index (χ2v) is 16.7. The Hall–Kier alpha value is -8.87. The molecule has 25 nitrogen and oxygen atoms in total. The van der Waals surface area contributed by atoms with E-state index in [1.165, 1.54) is 35.0 Å². The Morgan fingerprint density at radius 1 is 0.789 bits per heavy atom. The molecule has 11 N–H and O–H groups in total. The van der Waals surface area contributed by atoms with Crippen LogP contribution in [0.1, 0.15) is 73.2 Å². The first-order valence-electron chi connectivity index (χ1n) is 22.4. The lowest BCUT2D eigenvalue weighted by atomic mass is 10.1. The first-order chi connectivity index (χ1) is 33.9. The molecule has 6 rings (SSSR count). The van der Waals surface area contributed by atoms with Crippen molar-refractivity contribution in [3.63, 3.8) is 0 Å². The minimum Gasteiger partial charge on any atom is -0.480 e. The number of carboxylic acids is 1. The molecule has 1 atom stereocenters. The van der Waals surface area contributed by atoms with Gasteiger partial charge in [0.15, 0.2) is 11.2 Å². The smallest absolute Gasteiger partial charge is 0.326 e. The third-order valence-corrected chi connectivity index (χ3v) is 10.8. The van der Waals surface area contributed by atoms with Gasteiger partial charge in [0, 0.05) is 70.0 Å². The van der Waals surface area contributed by atoms with Gasteiger partial charge in [0.1, 0.15) is 23.1 Å². The maximum Gasteiger partial charge on any atom is 0.326 e. The molecule has 5 heterocycles. The summed E-state index contributed by atoms with van der Waals surface area (Å²) in [7, 11) is 7.21. The molecule has 0 bridgehead atoms. The van der Waals surface area contributed by atoms with Gasteiger partial charge < -0.3 is 66.7 Å². The van der Waals surface area contributed by atoms with Gasteiger partial charge in [0.2, 0.25) is 17.8 Å². The summed E-state index contributed by atoms with van der Waals surface area (Å²) < 4.78 is 4.75. The lowest BCUT2D eigenvalue weighted by molar-refractivity contribution is -0.139. The molecule has 0 radical (unpaired) electrons. The molecular formula is C46H56N16O9. The molecule has 0 fully saturated rings. The number of H-pyrrole nitrogens is 1. The summed E-state index contributed by atoms with van der Waals surface area (Å²) in [6.07, 6.45) is 6.91. The van der Waals surface area contributed by atoms with E-state index in [1.54, 1.807) is 66.1 Å². The van der Waals surface area contributed by atoms with E-state index in [0.717, 1.165) is 13.0 Å². The number of nitrogens with zero attached hydrogens (tertiary/aromatic N) is 7. The maximum atomic E-state index is 13.8. The van der Waals surface area contributed by atoms with Crippen LogP contribution in [0.5, 0.6) is 0 Å². The van der Waals surface area contributed by atoms with Gasteiger partial charge in [-0.25, -0.2) is 14.8 Å². The van der Waals surface area contributed by atoms with Gasteiger partial charge in [-0.2, -0.15) is 4.98 Å². The summed E-state index contributed by atoms with van der Waals surface area (Å²) in [6, 6.07) is 11.2. The zero-order valence-electron chi connectivity index (χ0n) is 39.5. The van der Waals surface area contributed by atoms with Crippen molar-refractivity contribution in [1.29, 1.82) is 0 Å². The quantitative estimate of drug-likeness (QED) is 0.0376. The highest BCUT2D eigenvalue weighted by molar-refractivity contribution is 6.07. The molecule has 1 unspecified atom stereocenters. The van der Waals surface area contributed by atoms with Gasteiger partial charge in [0.25, 0.3) is 29.2 Å². The number of anilines is 4. The Kier molecular flexibility index (Phi) is 17.4. The number of aliphatic carboxylic acids is 1.